The summed E-state index contributed by atoms with van der Waals surface area (Å²) in [6.45, 7) is 0.584. The van der Waals surface area contributed by atoms with Crippen molar-refractivity contribution in [3.8, 4) is 0 Å². The largest absolute Gasteiger partial charge is 0.480 e. The van der Waals surface area contributed by atoms with Gasteiger partial charge >= 0.3 is 5.97 Å². The van der Waals surface area contributed by atoms with Gasteiger partial charge in [0.05, 0.1) is 5.92 Å². The highest BCUT2D eigenvalue weighted by Crippen LogP contribution is 2.54. The van der Waals surface area contributed by atoms with E-state index in [0.29, 0.717) is 49.4 Å². The summed E-state index contributed by atoms with van der Waals surface area (Å²) in [4.78, 5) is 26.1. The Morgan fingerprint density at radius 3 is 2.36 bits per heavy atom. The quantitative estimate of drug-likeness (QED) is 0.392. The summed E-state index contributed by atoms with van der Waals surface area (Å²) in [5.41, 5.74) is 2.84. The molecule has 3 aromatic rings. The van der Waals surface area contributed by atoms with Gasteiger partial charge < -0.3 is 15.7 Å². The van der Waals surface area contributed by atoms with Gasteiger partial charge in [0.1, 0.15) is 5.54 Å². The minimum atomic E-state index is -1.10. The molecular formula is C30H31ClN2O3. The maximum Gasteiger partial charge on any atom is 0.329 e. The maximum absolute atomic E-state index is 13.5. The van der Waals surface area contributed by atoms with E-state index < -0.39 is 11.5 Å². The zero-order valence-corrected chi connectivity index (χ0v) is 20.9. The number of nitrogens with one attached hydrogen (secondary N) is 2. The summed E-state index contributed by atoms with van der Waals surface area (Å²) in [5, 5.41) is 17.3. The van der Waals surface area contributed by atoms with E-state index in [4.69, 9.17) is 11.6 Å². The van der Waals surface area contributed by atoms with E-state index in [-0.39, 0.29) is 17.2 Å². The highest BCUT2D eigenvalue weighted by atomic mass is 35.5. The third kappa shape index (κ3) is 4.60. The van der Waals surface area contributed by atoms with Crippen LogP contribution in [0.3, 0.4) is 0 Å². The summed E-state index contributed by atoms with van der Waals surface area (Å²) in [7, 11) is 0. The zero-order valence-electron chi connectivity index (χ0n) is 20.2. The van der Waals surface area contributed by atoms with Gasteiger partial charge in [-0.1, -0.05) is 72.3 Å². The normalized spacial score (nSPS) is 24.8. The van der Waals surface area contributed by atoms with E-state index in [1.54, 1.807) is 12.1 Å². The van der Waals surface area contributed by atoms with Crippen molar-refractivity contribution in [3.05, 3.63) is 101 Å². The molecular weight excluding hydrogens is 472 g/mol. The van der Waals surface area contributed by atoms with Crippen molar-refractivity contribution in [2.45, 2.75) is 49.5 Å². The van der Waals surface area contributed by atoms with E-state index in [1.165, 1.54) is 16.7 Å². The van der Waals surface area contributed by atoms with Gasteiger partial charge in [-0.05, 0) is 73.4 Å². The Labute approximate surface area is 216 Å². The number of carbonyl (C=O) groups excluding carboxylic acids is 1. The van der Waals surface area contributed by atoms with Crippen LogP contribution in [0.4, 0.5) is 5.69 Å². The number of rotatable bonds is 7. The van der Waals surface area contributed by atoms with Crippen LogP contribution in [0.1, 0.15) is 42.4 Å². The Hall–Kier alpha value is -3.31. The van der Waals surface area contributed by atoms with Crippen LogP contribution in [0.5, 0.6) is 0 Å². The minimum Gasteiger partial charge on any atom is -0.480 e. The number of anilines is 1. The van der Waals surface area contributed by atoms with Gasteiger partial charge in [0, 0.05) is 22.7 Å². The third-order valence-electron chi connectivity index (χ3n) is 8.13. The van der Waals surface area contributed by atoms with Gasteiger partial charge in [0.2, 0.25) is 5.91 Å². The van der Waals surface area contributed by atoms with Gasteiger partial charge in [-0.25, -0.2) is 4.79 Å². The van der Waals surface area contributed by atoms with E-state index >= 15 is 0 Å². The number of benzene rings is 3. The molecule has 2 aliphatic rings. The van der Waals surface area contributed by atoms with Crippen LogP contribution in [0, 0.1) is 5.92 Å². The predicted octanol–water partition coefficient (Wildman–Crippen LogP) is 5.62. The highest BCUT2D eigenvalue weighted by Gasteiger charge is 2.55. The molecule has 0 heterocycles. The average molecular weight is 503 g/mol. The summed E-state index contributed by atoms with van der Waals surface area (Å²) >= 11 is 6.15. The first-order valence-electron chi connectivity index (χ1n) is 12.6. The van der Waals surface area contributed by atoms with Crippen molar-refractivity contribution in [2.24, 2.45) is 5.92 Å². The van der Waals surface area contributed by atoms with Crippen molar-refractivity contribution >= 4 is 29.2 Å². The van der Waals surface area contributed by atoms with Crippen molar-refractivity contribution in [1.82, 2.24) is 5.32 Å². The number of amides is 1. The van der Waals surface area contributed by atoms with E-state index in [2.05, 4.69) is 34.9 Å². The van der Waals surface area contributed by atoms with Crippen molar-refractivity contribution < 1.29 is 14.7 Å². The Balaban J connectivity index is 1.36. The Morgan fingerprint density at radius 2 is 1.64 bits per heavy atom. The molecule has 1 atom stereocenters. The van der Waals surface area contributed by atoms with Crippen LogP contribution in [0.2, 0.25) is 5.02 Å². The summed E-state index contributed by atoms with van der Waals surface area (Å²) < 4.78 is 0. The monoisotopic (exact) mass is 502 g/mol. The molecule has 1 spiro atoms. The number of hydrogen-bond acceptors (Lipinski definition) is 3. The van der Waals surface area contributed by atoms with Crippen LogP contribution >= 0.6 is 11.6 Å². The fourth-order valence-electron chi connectivity index (χ4n) is 6.20. The lowest BCUT2D eigenvalue weighted by Gasteiger charge is -2.46. The number of carboxylic acids is 1. The molecule has 0 saturated heterocycles. The number of fused-ring (bicyclic) bond motifs is 2. The van der Waals surface area contributed by atoms with Crippen LogP contribution in [0.25, 0.3) is 0 Å². The van der Waals surface area contributed by atoms with E-state index in [9.17, 15) is 14.7 Å². The van der Waals surface area contributed by atoms with Gasteiger partial charge in [0.15, 0.2) is 0 Å². The van der Waals surface area contributed by atoms with Crippen LogP contribution in [0.15, 0.2) is 78.9 Å². The van der Waals surface area contributed by atoms with Crippen molar-refractivity contribution in [3.63, 3.8) is 0 Å². The molecule has 0 bridgehead atoms. The molecule has 0 aliphatic heterocycles. The lowest BCUT2D eigenvalue weighted by atomic mass is 9.60. The fourth-order valence-corrected chi connectivity index (χ4v) is 6.39. The average Bonchev–Trinajstić information content (AvgIpc) is 3.20. The molecule has 2 aliphatic carbocycles. The molecule has 6 heteroatoms. The van der Waals surface area contributed by atoms with Gasteiger partial charge in [0.25, 0.3) is 0 Å². The Kier molecular flexibility index (Phi) is 6.76. The molecule has 5 rings (SSSR count). The van der Waals surface area contributed by atoms with Crippen LogP contribution in [-0.4, -0.2) is 29.1 Å². The topological polar surface area (TPSA) is 78.4 Å². The molecule has 1 amide bonds. The second kappa shape index (κ2) is 9.98. The smallest absolute Gasteiger partial charge is 0.329 e. The summed E-state index contributed by atoms with van der Waals surface area (Å²) in [6.07, 6.45) is 3.58. The molecule has 3 aromatic carbocycles. The number of aliphatic carboxylic acids is 1. The second-order valence-corrected chi connectivity index (χ2v) is 10.6. The Morgan fingerprint density at radius 1 is 0.917 bits per heavy atom. The SMILES string of the molecule is O=C(NCCc1ccccc1)[C@H]1Cc2ccccc2C12CCC(Nc1cccc(Cl)c1)(C(=O)O)CC2. The lowest BCUT2D eigenvalue weighted by Crippen LogP contribution is -2.54. The summed E-state index contributed by atoms with van der Waals surface area (Å²) in [6, 6.07) is 25.6. The van der Waals surface area contributed by atoms with Gasteiger partial charge in [-0.2, -0.15) is 0 Å². The van der Waals surface area contributed by atoms with Crippen LogP contribution in [-0.2, 0) is 27.8 Å². The molecule has 5 nitrogen and oxygen atoms in total. The first-order valence-corrected chi connectivity index (χ1v) is 13.0. The molecule has 1 fully saturated rings. The number of carboxylic acid groups (broad SMARTS) is 1. The van der Waals surface area contributed by atoms with E-state index in [0.717, 1.165) is 6.42 Å². The zero-order chi connectivity index (χ0) is 25.2. The third-order valence-corrected chi connectivity index (χ3v) is 8.37. The Bertz CT molecular complexity index is 1250. The molecule has 186 valence electrons. The molecule has 0 aromatic heterocycles. The van der Waals surface area contributed by atoms with Crippen molar-refractivity contribution in [1.29, 1.82) is 0 Å². The summed E-state index contributed by atoms with van der Waals surface area (Å²) in [5.74, 6) is -1.01. The number of carbonyl (C=O) groups is 2. The molecule has 3 N–H and O–H groups in total. The first kappa shape index (κ1) is 24.4. The second-order valence-electron chi connectivity index (χ2n) is 10.1. The lowest BCUT2D eigenvalue weighted by molar-refractivity contribution is -0.144. The van der Waals surface area contributed by atoms with Crippen LogP contribution < -0.4 is 10.6 Å². The van der Waals surface area contributed by atoms with Gasteiger partial charge in [-0.3, -0.25) is 4.79 Å². The number of hydrogen-bond donors (Lipinski definition) is 3. The minimum absolute atomic E-state index is 0.0627. The molecule has 0 unspecified atom stereocenters. The molecule has 0 radical (unpaired) electrons. The predicted molar refractivity (Wildman–Crippen MR) is 142 cm³/mol. The standard InChI is InChI=1S/C30H31ClN2O3/c31-23-10-6-11-24(20-23)33-30(28(35)36)16-14-29(15-17-30)25-12-5-4-9-22(25)19-26(29)27(34)32-18-13-21-7-2-1-3-8-21/h1-12,20,26,33H,13-19H2,(H,32,34)(H,35,36)/t26-,29?,30?/m1/s1. The fraction of sp³-hybridized carbons (Fsp3) is 0.333. The van der Waals surface area contributed by atoms with E-state index in [1.807, 2.05) is 42.5 Å². The van der Waals surface area contributed by atoms with Crippen molar-refractivity contribution in [2.75, 3.05) is 11.9 Å². The highest BCUT2D eigenvalue weighted by molar-refractivity contribution is 6.30. The van der Waals surface area contributed by atoms with Gasteiger partial charge in [-0.15, -0.1) is 0 Å². The molecule has 1 saturated carbocycles. The maximum atomic E-state index is 13.5. The molecule has 36 heavy (non-hydrogen) atoms. The number of halogens is 1. The first-order chi connectivity index (χ1) is 17.4.